The minimum Gasteiger partial charge on any atom is -0.258 e. The summed E-state index contributed by atoms with van der Waals surface area (Å²) in [6.45, 7) is 0. The summed E-state index contributed by atoms with van der Waals surface area (Å²) in [5.74, 6) is 0. The predicted molar refractivity (Wildman–Crippen MR) is 69.9 cm³/mol. The normalized spacial score (nSPS) is 13.1. The zero-order valence-electron chi connectivity index (χ0n) is 10.5. The van der Waals surface area contributed by atoms with E-state index < -0.39 is 21.2 Å². The number of nitrogens with one attached hydrogen (secondary N) is 1. The van der Waals surface area contributed by atoms with E-state index in [4.69, 9.17) is 10.5 Å². The van der Waals surface area contributed by atoms with Crippen LogP contribution in [0.25, 0.3) is 0 Å². The molecule has 0 aliphatic carbocycles. The summed E-state index contributed by atoms with van der Waals surface area (Å²) in [7, 11) is 0. The average Bonchev–Trinajstić information content (AvgIpc) is 2.53. The summed E-state index contributed by atoms with van der Waals surface area (Å²) >= 11 is 0. The smallest absolute Gasteiger partial charge is 0.258 e. The number of rotatable bonds is 3. The number of hydrogen-bond donors (Lipinski definition) is 1. The summed E-state index contributed by atoms with van der Waals surface area (Å²) in [5, 5.41) is 47.3. The number of nitro groups is 2. The molecule has 0 atom stereocenters. The Morgan fingerprint density at radius 3 is 2.50 bits per heavy atom. The Balaban J connectivity index is 2.65. The highest BCUT2D eigenvalue weighted by molar-refractivity contribution is 6.54. The van der Waals surface area contributed by atoms with Crippen molar-refractivity contribution >= 4 is 22.8 Å². The number of hydrazone groups is 2. The number of hydrazine groups is 1. The van der Waals surface area contributed by atoms with Gasteiger partial charge in [-0.2, -0.15) is 16.1 Å². The molecule has 1 aliphatic rings. The van der Waals surface area contributed by atoms with Crippen molar-refractivity contribution in [1.82, 2.24) is 10.7 Å². The van der Waals surface area contributed by atoms with E-state index in [1.807, 2.05) is 0 Å². The van der Waals surface area contributed by atoms with Gasteiger partial charge < -0.3 is 0 Å². The van der Waals surface area contributed by atoms with Crippen LogP contribution in [0, 0.1) is 43.0 Å². The van der Waals surface area contributed by atoms with Gasteiger partial charge in [0.05, 0.1) is 21.5 Å². The molecule has 1 aromatic carbocycles. The number of nitrogens with zero attached hydrogens (tertiary/aromatic N) is 7. The van der Waals surface area contributed by atoms with E-state index in [0.29, 0.717) is 5.12 Å². The number of nitro benzene ring substituents is 2. The van der Waals surface area contributed by atoms with Crippen LogP contribution in [0.3, 0.4) is 0 Å². The van der Waals surface area contributed by atoms with Gasteiger partial charge in [-0.05, 0) is 6.07 Å². The number of benzene rings is 1. The van der Waals surface area contributed by atoms with Crippen molar-refractivity contribution in [3.8, 4) is 12.3 Å². The van der Waals surface area contributed by atoms with Gasteiger partial charge >= 0.3 is 0 Å². The molecule has 12 heteroatoms. The van der Waals surface area contributed by atoms with E-state index in [9.17, 15) is 20.2 Å². The molecule has 0 amide bonds. The second kappa shape index (κ2) is 5.51. The van der Waals surface area contributed by atoms with Crippen molar-refractivity contribution in [2.75, 3.05) is 0 Å². The number of hydrogen-bond acceptors (Lipinski definition) is 10. The van der Waals surface area contributed by atoms with Crippen molar-refractivity contribution < 1.29 is 9.85 Å². The maximum absolute atomic E-state index is 11.1. The molecule has 22 heavy (non-hydrogen) atoms. The van der Waals surface area contributed by atoms with Gasteiger partial charge in [-0.1, -0.05) is 5.12 Å². The van der Waals surface area contributed by atoms with Gasteiger partial charge in [0, 0.05) is 6.07 Å². The molecule has 0 saturated heterocycles. The molecule has 0 fully saturated rings. The van der Waals surface area contributed by atoms with Crippen LogP contribution in [-0.2, 0) is 0 Å². The summed E-state index contributed by atoms with van der Waals surface area (Å²) in [6, 6.07) is 4.51. The highest BCUT2D eigenvalue weighted by atomic mass is 16.6. The molecule has 1 aromatic rings. The maximum Gasteiger partial charge on any atom is 0.285 e. The molecule has 1 N–H and O–H groups in total. The second-order valence-corrected chi connectivity index (χ2v) is 3.75. The zero-order chi connectivity index (χ0) is 16.3. The fraction of sp³-hybridized carbons (Fsp3) is 0. The molecule has 108 valence electrons. The monoisotopic (exact) mass is 300 g/mol. The highest BCUT2D eigenvalue weighted by Crippen LogP contribution is 2.26. The van der Waals surface area contributed by atoms with Crippen LogP contribution in [0.1, 0.15) is 5.56 Å². The lowest BCUT2D eigenvalue weighted by molar-refractivity contribution is -0.394. The summed E-state index contributed by atoms with van der Waals surface area (Å²) in [6.07, 6.45) is 1.57. The molecule has 0 bridgehead atoms. The lowest BCUT2D eigenvalue weighted by Gasteiger charge is -2.15. The van der Waals surface area contributed by atoms with Gasteiger partial charge in [0.1, 0.15) is 11.8 Å². The van der Waals surface area contributed by atoms with Crippen LogP contribution in [0.15, 0.2) is 28.4 Å². The van der Waals surface area contributed by atoms with Gasteiger partial charge in [0.15, 0.2) is 5.71 Å². The van der Waals surface area contributed by atoms with Gasteiger partial charge in [-0.15, -0.1) is 10.2 Å². The first-order chi connectivity index (χ1) is 10.5. The molecule has 12 nitrogen and oxygen atoms in total. The molecule has 0 aromatic heterocycles. The summed E-state index contributed by atoms with van der Waals surface area (Å²) in [4.78, 5) is 20.2. The second-order valence-electron chi connectivity index (χ2n) is 3.75. The lowest BCUT2D eigenvalue weighted by atomic mass is 10.0. The first kappa shape index (κ1) is 14.4. The number of non-ortho nitro benzene ring substituents is 1. The van der Waals surface area contributed by atoms with E-state index in [-0.39, 0.29) is 17.0 Å². The van der Waals surface area contributed by atoms with Crippen molar-refractivity contribution in [3.63, 3.8) is 0 Å². The minimum atomic E-state index is -0.849. The fourth-order valence-corrected chi connectivity index (χ4v) is 1.61. The molecule has 2 rings (SSSR count). The molecule has 1 aliphatic heterocycles. The zero-order valence-corrected chi connectivity index (χ0v) is 10.5. The van der Waals surface area contributed by atoms with Crippen LogP contribution >= 0.6 is 0 Å². The third-order valence-electron chi connectivity index (χ3n) is 2.53. The first-order valence-corrected chi connectivity index (χ1v) is 5.43. The van der Waals surface area contributed by atoms with E-state index >= 15 is 0 Å². The van der Waals surface area contributed by atoms with Crippen molar-refractivity contribution in [2.24, 2.45) is 10.2 Å². The lowest BCUT2D eigenvalue weighted by Crippen LogP contribution is -2.35. The van der Waals surface area contributed by atoms with E-state index in [1.165, 1.54) is 0 Å². The Labute approximate surface area is 121 Å². The highest BCUT2D eigenvalue weighted by Gasteiger charge is 2.28. The van der Waals surface area contributed by atoms with Crippen molar-refractivity contribution in [3.05, 3.63) is 44.0 Å². The first-order valence-electron chi connectivity index (χ1n) is 5.43. The Morgan fingerprint density at radius 2 is 1.95 bits per heavy atom. The van der Waals surface area contributed by atoms with Gasteiger partial charge in [-0.25, -0.2) is 0 Å². The topological polar surface area (TPSA) is 174 Å². The Hall–Kier alpha value is -4.06. The molecular weight excluding hydrogens is 296 g/mol. The fourth-order valence-electron chi connectivity index (χ4n) is 1.61. The van der Waals surface area contributed by atoms with Crippen LogP contribution in [0.2, 0.25) is 0 Å². The largest absolute Gasteiger partial charge is 0.285 e. The van der Waals surface area contributed by atoms with Crippen LogP contribution in [0.4, 0.5) is 11.4 Å². The average molecular weight is 300 g/mol. The minimum absolute atomic E-state index is 0.169. The summed E-state index contributed by atoms with van der Waals surface area (Å²) in [5.41, 5.74) is 0.285. The SMILES string of the molecule is N#CC1=NNN(C#N)N=C1c1ccc([N+](=O)[O-])cc1[N+](=O)[O-]. The quantitative estimate of drug-likeness (QED) is 0.473. The third kappa shape index (κ3) is 2.47. The van der Waals surface area contributed by atoms with Gasteiger partial charge in [0.2, 0.25) is 6.19 Å². The molecular formula is C10H4N8O4. The molecule has 0 saturated carbocycles. The maximum atomic E-state index is 11.1. The van der Waals surface area contributed by atoms with Crippen molar-refractivity contribution in [1.29, 1.82) is 10.5 Å². The molecule has 0 radical (unpaired) electrons. The molecule has 0 spiro atoms. The van der Waals surface area contributed by atoms with E-state index in [0.717, 1.165) is 18.2 Å². The third-order valence-corrected chi connectivity index (χ3v) is 2.53. The number of nitriles is 2. The Kier molecular flexibility index (Phi) is 3.60. The van der Waals surface area contributed by atoms with E-state index in [2.05, 4.69) is 15.7 Å². The molecule has 1 heterocycles. The van der Waals surface area contributed by atoms with Crippen LogP contribution in [-0.4, -0.2) is 26.4 Å². The van der Waals surface area contributed by atoms with Crippen LogP contribution < -0.4 is 5.53 Å². The van der Waals surface area contributed by atoms with Crippen molar-refractivity contribution in [2.45, 2.75) is 0 Å². The summed E-state index contributed by atoms with van der Waals surface area (Å²) < 4.78 is 0. The van der Waals surface area contributed by atoms with Crippen LogP contribution in [0.5, 0.6) is 0 Å². The van der Waals surface area contributed by atoms with E-state index in [1.54, 1.807) is 12.3 Å². The van der Waals surface area contributed by atoms with Gasteiger partial charge in [-0.3, -0.25) is 20.2 Å². The standard InChI is InChI=1S/C10H4N8O4/c11-4-8-10(14-16(5-12)15-13-8)7-2-1-6(17(19)20)3-9(7)18(21)22/h1-3,15H. The van der Waals surface area contributed by atoms with Gasteiger partial charge in [0.25, 0.3) is 11.4 Å². The predicted octanol–water partition coefficient (Wildman–Crippen LogP) is 0.388. The Morgan fingerprint density at radius 1 is 1.23 bits per heavy atom. The Bertz CT molecular complexity index is 815. The molecule has 0 unspecified atom stereocenters.